The number of hydrogen-bond donors (Lipinski definition) is 3. The lowest BCUT2D eigenvalue weighted by Crippen LogP contribution is -2.39. The van der Waals surface area contributed by atoms with Crippen molar-refractivity contribution in [1.29, 1.82) is 5.41 Å². The van der Waals surface area contributed by atoms with Crippen LogP contribution in [0, 0.1) is 23.0 Å². The molecule has 12 heteroatoms. The van der Waals surface area contributed by atoms with Gasteiger partial charge in [0.25, 0.3) is 12.3 Å². The second kappa shape index (κ2) is 14.3. The maximum absolute atomic E-state index is 13.9. The topological polar surface area (TPSA) is 93.5 Å². The van der Waals surface area contributed by atoms with Crippen LogP contribution in [0.3, 0.4) is 0 Å². The highest BCUT2D eigenvalue weighted by molar-refractivity contribution is 6.36. The first-order valence-electron chi connectivity index (χ1n) is 13.0. The quantitative estimate of drug-likeness (QED) is 0.145. The molecule has 1 unspecified atom stereocenters. The molecule has 2 aromatic rings. The minimum absolute atomic E-state index is 0.00164. The Bertz CT molecular complexity index is 1290. The minimum Gasteiger partial charge on any atom is -0.386 e. The van der Waals surface area contributed by atoms with Gasteiger partial charge in [-0.05, 0) is 69.4 Å². The number of allylic oxidation sites excluding steroid dienone is 1. The van der Waals surface area contributed by atoms with Gasteiger partial charge in [-0.15, -0.1) is 0 Å². The highest BCUT2D eigenvalue weighted by Crippen LogP contribution is 2.35. The molecule has 6 nitrogen and oxygen atoms in total. The zero-order valence-corrected chi connectivity index (χ0v) is 24.0. The van der Waals surface area contributed by atoms with Crippen LogP contribution in [0.1, 0.15) is 68.8 Å². The molecule has 0 spiro atoms. The van der Waals surface area contributed by atoms with E-state index in [-0.39, 0.29) is 51.0 Å². The highest BCUT2D eigenvalue weighted by atomic mass is 35.5. The normalized spacial score (nSPS) is 18.5. The number of amides is 1. The van der Waals surface area contributed by atoms with Crippen LogP contribution in [0.25, 0.3) is 0 Å². The van der Waals surface area contributed by atoms with E-state index in [1.54, 1.807) is 13.8 Å². The number of alkyl halides is 2. The fraction of sp³-hybridized carbons (Fsp3) is 0.414. The summed E-state index contributed by atoms with van der Waals surface area (Å²) >= 11 is 12.3. The van der Waals surface area contributed by atoms with Gasteiger partial charge < -0.3 is 20.7 Å². The zero-order chi connectivity index (χ0) is 30.4. The van der Waals surface area contributed by atoms with E-state index in [0.29, 0.717) is 37.4 Å². The maximum atomic E-state index is 13.9. The number of hydrogen-bond acceptors (Lipinski definition) is 5. The van der Waals surface area contributed by atoms with Gasteiger partial charge in [0.15, 0.2) is 0 Å². The number of aliphatic hydroxyl groups excluding tert-OH is 1. The SMILES string of the molecule is C/C(N[C@H]1CC[C@H](C(C)=O)CC1)=C(/C=N)C(=O)N(Cc1cc(F)cc(F)c1)CC(O)c1c(Cl)cc(C(F)F)cc1Cl. The van der Waals surface area contributed by atoms with Crippen LogP contribution in [0.5, 0.6) is 0 Å². The van der Waals surface area contributed by atoms with Crippen LogP contribution >= 0.6 is 23.2 Å². The molecule has 0 bridgehead atoms. The number of nitrogens with zero attached hydrogens (tertiary/aromatic N) is 1. The summed E-state index contributed by atoms with van der Waals surface area (Å²) in [6, 6.07) is 4.62. The van der Waals surface area contributed by atoms with Crippen molar-refractivity contribution in [2.24, 2.45) is 5.92 Å². The van der Waals surface area contributed by atoms with Crippen LogP contribution < -0.4 is 5.32 Å². The van der Waals surface area contributed by atoms with Crippen molar-refractivity contribution in [2.75, 3.05) is 6.54 Å². The Balaban J connectivity index is 1.91. The molecule has 1 saturated carbocycles. The molecular weight excluding hydrogens is 585 g/mol. The van der Waals surface area contributed by atoms with Gasteiger partial charge in [0, 0.05) is 57.7 Å². The van der Waals surface area contributed by atoms with Gasteiger partial charge in [0.1, 0.15) is 17.4 Å². The Morgan fingerprint density at radius 1 is 1.05 bits per heavy atom. The fourth-order valence-electron chi connectivity index (χ4n) is 5.02. The summed E-state index contributed by atoms with van der Waals surface area (Å²) in [6.45, 7) is 2.33. The van der Waals surface area contributed by atoms with E-state index in [0.717, 1.165) is 35.4 Å². The maximum Gasteiger partial charge on any atom is 0.263 e. The molecule has 0 heterocycles. The summed E-state index contributed by atoms with van der Waals surface area (Å²) in [5.74, 6) is -2.34. The van der Waals surface area contributed by atoms with E-state index < -0.39 is 42.2 Å². The average molecular weight is 616 g/mol. The molecule has 1 amide bonds. The van der Waals surface area contributed by atoms with E-state index in [9.17, 15) is 32.3 Å². The smallest absolute Gasteiger partial charge is 0.263 e. The second-order valence-electron chi connectivity index (χ2n) is 10.2. The first-order valence-corrected chi connectivity index (χ1v) is 13.7. The van der Waals surface area contributed by atoms with Gasteiger partial charge in [0.05, 0.1) is 18.2 Å². The Kier molecular flexibility index (Phi) is 11.3. The molecule has 41 heavy (non-hydrogen) atoms. The third kappa shape index (κ3) is 8.53. The summed E-state index contributed by atoms with van der Waals surface area (Å²) in [5, 5.41) is 21.7. The first-order chi connectivity index (χ1) is 19.3. The Morgan fingerprint density at radius 2 is 1.61 bits per heavy atom. The number of ketones is 1. The molecule has 1 atom stereocenters. The van der Waals surface area contributed by atoms with E-state index >= 15 is 0 Å². The van der Waals surface area contributed by atoms with Crippen molar-refractivity contribution in [1.82, 2.24) is 10.2 Å². The molecule has 1 fully saturated rings. The van der Waals surface area contributed by atoms with Gasteiger partial charge in [-0.2, -0.15) is 0 Å². The van der Waals surface area contributed by atoms with Crippen molar-refractivity contribution in [2.45, 2.75) is 64.6 Å². The van der Waals surface area contributed by atoms with E-state index in [1.165, 1.54) is 0 Å². The van der Waals surface area contributed by atoms with Gasteiger partial charge in [-0.1, -0.05) is 23.2 Å². The lowest BCUT2D eigenvalue weighted by atomic mass is 9.84. The molecule has 1 aliphatic carbocycles. The average Bonchev–Trinajstić information content (AvgIpc) is 2.87. The molecule has 3 rings (SSSR count). The van der Waals surface area contributed by atoms with Crippen molar-refractivity contribution in [3.8, 4) is 0 Å². The van der Waals surface area contributed by atoms with E-state index in [1.807, 2.05) is 0 Å². The standard InChI is InChI=1S/C29H31Cl2F4N3O3/c1-15(37-22-5-3-18(4-6-22)16(2)39)23(12-36)29(41)38(13-17-7-20(32)11-21(33)8-17)14-26(40)27-24(30)9-19(28(34)35)10-25(27)31/h7-12,18,22,26,28,36-37,40H,3-6,13-14H2,1-2H3/b23-15+,36-12?/t18-,22-,26?. The predicted octanol–water partition coefficient (Wildman–Crippen LogP) is 6.93. The number of benzene rings is 2. The fourth-order valence-corrected chi connectivity index (χ4v) is 5.77. The highest BCUT2D eigenvalue weighted by Gasteiger charge is 2.28. The Morgan fingerprint density at radius 3 is 2.10 bits per heavy atom. The molecular formula is C29H31Cl2F4N3O3. The molecule has 0 aliphatic heterocycles. The van der Waals surface area contributed by atoms with Crippen LogP contribution in [0.4, 0.5) is 17.6 Å². The number of aliphatic hydroxyl groups is 1. The Labute approximate surface area is 245 Å². The summed E-state index contributed by atoms with van der Waals surface area (Å²) in [5.41, 5.74) is -0.164. The number of Topliss-reactive ketones (excluding diaryl/α,β-unsaturated/α-hetero) is 1. The summed E-state index contributed by atoms with van der Waals surface area (Å²) in [4.78, 5) is 26.5. The molecule has 2 aromatic carbocycles. The number of halogens is 6. The summed E-state index contributed by atoms with van der Waals surface area (Å²) in [6.07, 6.45) is -0.798. The number of carbonyl (C=O) groups excluding carboxylic acids is 2. The monoisotopic (exact) mass is 615 g/mol. The molecule has 0 radical (unpaired) electrons. The number of carbonyl (C=O) groups is 2. The summed E-state index contributed by atoms with van der Waals surface area (Å²) in [7, 11) is 0. The van der Waals surface area contributed by atoms with Gasteiger partial charge in [0.2, 0.25) is 0 Å². The number of nitrogens with one attached hydrogen (secondary N) is 2. The molecule has 0 saturated heterocycles. The lowest BCUT2D eigenvalue weighted by molar-refractivity contribution is -0.128. The third-order valence-electron chi connectivity index (χ3n) is 7.16. The molecule has 1 aliphatic rings. The van der Waals surface area contributed by atoms with Crippen LogP contribution in [-0.2, 0) is 16.1 Å². The third-order valence-corrected chi connectivity index (χ3v) is 7.79. The molecule has 0 aromatic heterocycles. The van der Waals surface area contributed by atoms with E-state index in [4.69, 9.17) is 28.6 Å². The van der Waals surface area contributed by atoms with Crippen LogP contribution in [0.15, 0.2) is 41.6 Å². The largest absolute Gasteiger partial charge is 0.386 e. The lowest BCUT2D eigenvalue weighted by Gasteiger charge is -2.30. The van der Waals surface area contributed by atoms with Gasteiger partial charge >= 0.3 is 0 Å². The first kappa shape index (κ1) is 32.6. The van der Waals surface area contributed by atoms with Crippen molar-refractivity contribution >= 4 is 41.1 Å². The van der Waals surface area contributed by atoms with Crippen molar-refractivity contribution < 1.29 is 32.3 Å². The Hall–Kier alpha value is -2.95. The summed E-state index contributed by atoms with van der Waals surface area (Å²) < 4.78 is 54.2. The molecule has 222 valence electrons. The predicted molar refractivity (Wildman–Crippen MR) is 149 cm³/mol. The minimum atomic E-state index is -2.86. The second-order valence-corrected chi connectivity index (χ2v) is 11.0. The number of rotatable bonds is 11. The van der Waals surface area contributed by atoms with Crippen LogP contribution in [0.2, 0.25) is 10.0 Å². The van der Waals surface area contributed by atoms with Crippen molar-refractivity contribution in [3.63, 3.8) is 0 Å². The zero-order valence-electron chi connectivity index (χ0n) is 22.5. The van der Waals surface area contributed by atoms with Crippen molar-refractivity contribution in [3.05, 3.63) is 80.0 Å². The van der Waals surface area contributed by atoms with Gasteiger partial charge in [-0.3, -0.25) is 9.59 Å². The van der Waals surface area contributed by atoms with Crippen LogP contribution in [-0.4, -0.2) is 40.5 Å². The van der Waals surface area contributed by atoms with Gasteiger partial charge in [-0.25, -0.2) is 17.6 Å². The van der Waals surface area contributed by atoms with E-state index in [2.05, 4.69) is 5.32 Å². The molecule has 3 N–H and O–H groups in total.